The zero-order chi connectivity index (χ0) is 15.3. The highest BCUT2D eigenvalue weighted by Crippen LogP contribution is 2.24. The maximum atomic E-state index is 12.2. The van der Waals surface area contributed by atoms with E-state index < -0.39 is 11.5 Å². The van der Waals surface area contributed by atoms with E-state index in [0.29, 0.717) is 6.42 Å². The van der Waals surface area contributed by atoms with Crippen molar-refractivity contribution in [2.75, 3.05) is 7.05 Å². The Labute approximate surface area is 123 Å². The number of carbonyl (C=O) groups excluding carboxylic acids is 1. The summed E-state index contributed by atoms with van der Waals surface area (Å²) in [5.74, 6) is -0.854. The summed E-state index contributed by atoms with van der Waals surface area (Å²) in [7, 11) is 1.74. The van der Waals surface area contributed by atoms with E-state index in [1.54, 1.807) is 23.3 Å². The van der Waals surface area contributed by atoms with Crippen LogP contribution in [0.25, 0.3) is 0 Å². The maximum absolute atomic E-state index is 12.2. The predicted octanol–water partition coefficient (Wildman–Crippen LogP) is 3.09. The molecule has 1 heterocycles. The fraction of sp³-hybridized carbons (Fsp3) is 0.571. The second kappa shape index (κ2) is 6.74. The van der Waals surface area contributed by atoms with Crippen molar-refractivity contribution in [1.29, 1.82) is 0 Å². The first kappa shape index (κ1) is 16.5. The van der Waals surface area contributed by atoms with Crippen molar-refractivity contribution in [1.82, 2.24) is 10.2 Å². The molecule has 0 radical (unpaired) electrons. The van der Waals surface area contributed by atoms with Gasteiger partial charge < -0.3 is 15.3 Å². The minimum Gasteiger partial charge on any atom is -0.481 e. The lowest BCUT2D eigenvalue weighted by Crippen LogP contribution is -2.49. The van der Waals surface area contributed by atoms with Crippen LogP contribution in [-0.4, -0.2) is 34.6 Å². The van der Waals surface area contributed by atoms with Crippen LogP contribution in [0.1, 0.15) is 44.5 Å². The molecule has 20 heavy (non-hydrogen) atoms. The van der Waals surface area contributed by atoms with Crippen LogP contribution in [0.2, 0.25) is 0 Å². The summed E-state index contributed by atoms with van der Waals surface area (Å²) < 4.78 is 0. The highest BCUT2D eigenvalue weighted by Gasteiger charge is 2.25. The molecule has 0 spiro atoms. The summed E-state index contributed by atoms with van der Waals surface area (Å²) in [5.41, 5.74) is -0.543. The van der Waals surface area contributed by atoms with Crippen molar-refractivity contribution in [2.45, 2.75) is 45.2 Å². The Morgan fingerprint density at radius 2 is 2.15 bits per heavy atom. The van der Waals surface area contributed by atoms with Gasteiger partial charge in [0, 0.05) is 23.9 Å². The van der Waals surface area contributed by atoms with E-state index in [0.717, 1.165) is 4.88 Å². The van der Waals surface area contributed by atoms with Crippen LogP contribution in [0.3, 0.4) is 0 Å². The lowest BCUT2D eigenvalue weighted by Gasteiger charge is -2.31. The summed E-state index contributed by atoms with van der Waals surface area (Å²) in [6, 6.07) is 3.75. The number of urea groups is 1. The molecule has 1 aromatic rings. The Hall–Kier alpha value is -1.56. The number of hydrogen-bond donors (Lipinski definition) is 2. The summed E-state index contributed by atoms with van der Waals surface area (Å²) in [5, 5.41) is 13.6. The molecule has 5 nitrogen and oxygen atoms in total. The highest BCUT2D eigenvalue weighted by molar-refractivity contribution is 7.10. The van der Waals surface area contributed by atoms with Crippen LogP contribution < -0.4 is 5.32 Å². The fourth-order valence-corrected chi connectivity index (χ4v) is 2.58. The number of aliphatic carboxylic acids is 1. The van der Waals surface area contributed by atoms with Gasteiger partial charge in [0.25, 0.3) is 0 Å². The quantitative estimate of drug-likeness (QED) is 0.848. The fourth-order valence-electron chi connectivity index (χ4n) is 1.76. The third-order valence-corrected chi connectivity index (χ3v) is 4.31. The van der Waals surface area contributed by atoms with Gasteiger partial charge in [0.05, 0.1) is 6.04 Å². The zero-order valence-electron chi connectivity index (χ0n) is 12.3. The predicted molar refractivity (Wildman–Crippen MR) is 80.0 cm³/mol. The summed E-state index contributed by atoms with van der Waals surface area (Å²) >= 11 is 1.61. The topological polar surface area (TPSA) is 69.6 Å². The molecule has 1 rings (SSSR count). The van der Waals surface area contributed by atoms with Gasteiger partial charge in [-0.1, -0.05) is 6.07 Å². The number of nitrogens with one attached hydrogen (secondary N) is 1. The average Bonchev–Trinajstić information content (AvgIpc) is 2.88. The van der Waals surface area contributed by atoms with Gasteiger partial charge in [-0.3, -0.25) is 4.79 Å². The van der Waals surface area contributed by atoms with Crippen molar-refractivity contribution in [3.63, 3.8) is 0 Å². The van der Waals surface area contributed by atoms with E-state index in [4.69, 9.17) is 5.11 Å². The van der Waals surface area contributed by atoms with Gasteiger partial charge in [-0.15, -0.1) is 11.3 Å². The number of carbonyl (C=O) groups is 2. The first-order valence-corrected chi connectivity index (χ1v) is 7.41. The second-order valence-electron chi connectivity index (χ2n) is 5.51. The van der Waals surface area contributed by atoms with Crippen molar-refractivity contribution in [3.8, 4) is 0 Å². The van der Waals surface area contributed by atoms with Gasteiger partial charge in [-0.05, 0) is 38.6 Å². The molecule has 0 aliphatic carbocycles. The van der Waals surface area contributed by atoms with Crippen LogP contribution in [0.4, 0.5) is 4.79 Å². The molecule has 6 heteroatoms. The number of nitrogens with zero attached hydrogens (tertiary/aromatic N) is 1. The minimum atomic E-state index is -0.854. The van der Waals surface area contributed by atoms with Crippen LogP contribution in [0.15, 0.2) is 17.5 Å². The molecule has 2 N–H and O–H groups in total. The Morgan fingerprint density at radius 1 is 1.50 bits per heavy atom. The Kier molecular flexibility index (Phi) is 5.56. The molecule has 1 unspecified atom stereocenters. The molecule has 0 fully saturated rings. The Morgan fingerprint density at radius 3 is 2.65 bits per heavy atom. The van der Waals surface area contributed by atoms with Crippen molar-refractivity contribution in [3.05, 3.63) is 22.4 Å². The number of carboxylic acid groups (broad SMARTS) is 1. The number of rotatable bonds is 6. The van der Waals surface area contributed by atoms with Crippen LogP contribution >= 0.6 is 11.3 Å². The van der Waals surface area contributed by atoms with Crippen LogP contribution in [0, 0.1) is 0 Å². The third kappa shape index (κ3) is 4.85. The molecule has 0 aliphatic rings. The number of carboxylic acids is 1. The first-order chi connectivity index (χ1) is 9.23. The van der Waals surface area contributed by atoms with Crippen LogP contribution in [-0.2, 0) is 4.79 Å². The zero-order valence-corrected chi connectivity index (χ0v) is 13.2. The van der Waals surface area contributed by atoms with Gasteiger partial charge in [0.15, 0.2) is 0 Å². The SMILES string of the molecule is CC(c1cccs1)N(C)C(=O)NC(C)(C)CCC(=O)O. The molecule has 0 saturated heterocycles. The first-order valence-electron chi connectivity index (χ1n) is 6.53. The maximum Gasteiger partial charge on any atom is 0.318 e. The minimum absolute atomic E-state index is 0.00901. The smallest absolute Gasteiger partial charge is 0.318 e. The van der Waals surface area contributed by atoms with Gasteiger partial charge in [-0.25, -0.2) is 4.79 Å². The molecule has 112 valence electrons. The van der Waals surface area contributed by atoms with Crippen molar-refractivity contribution >= 4 is 23.3 Å². The lowest BCUT2D eigenvalue weighted by molar-refractivity contribution is -0.137. The largest absolute Gasteiger partial charge is 0.481 e. The third-order valence-electron chi connectivity index (χ3n) is 3.27. The molecule has 0 aromatic carbocycles. The van der Waals surface area contributed by atoms with Gasteiger partial charge >= 0.3 is 12.0 Å². The lowest BCUT2D eigenvalue weighted by atomic mass is 9.99. The average molecular weight is 298 g/mol. The Bertz CT molecular complexity index is 457. The number of thiophene rings is 1. The molecule has 0 saturated carbocycles. The van der Waals surface area contributed by atoms with E-state index in [9.17, 15) is 9.59 Å². The van der Waals surface area contributed by atoms with E-state index in [-0.39, 0.29) is 18.5 Å². The summed E-state index contributed by atoms with van der Waals surface area (Å²) in [4.78, 5) is 25.6. The molecule has 0 aliphatic heterocycles. The van der Waals surface area contributed by atoms with Crippen molar-refractivity contribution < 1.29 is 14.7 Å². The molecule has 2 amide bonds. The Balaban J connectivity index is 2.58. The number of hydrogen-bond acceptors (Lipinski definition) is 3. The van der Waals surface area contributed by atoms with Gasteiger partial charge in [-0.2, -0.15) is 0 Å². The van der Waals surface area contributed by atoms with E-state index >= 15 is 0 Å². The molecule has 1 atom stereocenters. The molecule has 1 aromatic heterocycles. The van der Waals surface area contributed by atoms with Gasteiger partial charge in [0.2, 0.25) is 0 Å². The van der Waals surface area contributed by atoms with Crippen LogP contribution in [0.5, 0.6) is 0 Å². The van der Waals surface area contributed by atoms with Crippen molar-refractivity contribution in [2.24, 2.45) is 0 Å². The highest BCUT2D eigenvalue weighted by atomic mass is 32.1. The normalized spacial score (nSPS) is 12.8. The summed E-state index contributed by atoms with van der Waals surface area (Å²) in [6.07, 6.45) is 0.437. The molecular formula is C14H22N2O3S. The van der Waals surface area contributed by atoms with E-state index in [2.05, 4.69) is 5.32 Å². The standard InChI is InChI=1S/C14H22N2O3S/c1-10(11-6-5-9-20-11)16(4)13(19)15-14(2,3)8-7-12(17)18/h5-6,9-10H,7-8H2,1-4H3,(H,15,19)(H,17,18). The van der Waals surface area contributed by atoms with E-state index in [1.165, 1.54) is 0 Å². The van der Waals surface area contributed by atoms with E-state index in [1.807, 2.05) is 38.3 Å². The molecular weight excluding hydrogens is 276 g/mol. The molecule has 0 bridgehead atoms. The summed E-state index contributed by atoms with van der Waals surface area (Å²) in [6.45, 7) is 5.63. The monoisotopic (exact) mass is 298 g/mol. The number of amides is 2. The van der Waals surface area contributed by atoms with Gasteiger partial charge in [0.1, 0.15) is 0 Å². The second-order valence-corrected chi connectivity index (χ2v) is 6.49.